The van der Waals surface area contributed by atoms with Crippen LogP contribution in [0.3, 0.4) is 0 Å². The monoisotopic (exact) mass is 436 g/mol. The third kappa shape index (κ3) is 5.26. The molecule has 0 radical (unpaired) electrons. The van der Waals surface area contributed by atoms with Gasteiger partial charge >= 0.3 is 0 Å². The molecule has 2 heterocycles. The summed E-state index contributed by atoms with van der Waals surface area (Å²) in [5, 5.41) is 2.85. The molecule has 2 N–H and O–H groups in total. The van der Waals surface area contributed by atoms with Crippen LogP contribution in [0, 0.1) is 0 Å². The molecule has 8 heteroatoms. The molecule has 168 valence electrons. The van der Waals surface area contributed by atoms with E-state index in [-0.39, 0.29) is 24.3 Å². The van der Waals surface area contributed by atoms with Crippen LogP contribution in [0.1, 0.15) is 18.7 Å². The van der Waals surface area contributed by atoms with Gasteiger partial charge in [-0.25, -0.2) is 4.98 Å². The molecule has 1 aliphatic heterocycles. The van der Waals surface area contributed by atoms with Crippen molar-refractivity contribution in [2.75, 3.05) is 26.8 Å². The maximum absolute atomic E-state index is 13.1. The summed E-state index contributed by atoms with van der Waals surface area (Å²) in [4.78, 5) is 35.3. The van der Waals surface area contributed by atoms with Gasteiger partial charge in [-0.2, -0.15) is 0 Å². The van der Waals surface area contributed by atoms with Gasteiger partial charge in [-0.3, -0.25) is 9.59 Å². The zero-order valence-corrected chi connectivity index (χ0v) is 18.1. The summed E-state index contributed by atoms with van der Waals surface area (Å²) in [6, 6.07) is 16.7. The average Bonchev–Trinajstić information content (AvgIpc) is 3.42. The minimum Gasteiger partial charge on any atom is -0.488 e. The second-order valence-electron chi connectivity index (χ2n) is 7.83. The Kier molecular flexibility index (Phi) is 7.01. The third-order valence-electron chi connectivity index (χ3n) is 5.55. The predicted molar refractivity (Wildman–Crippen MR) is 120 cm³/mol. The van der Waals surface area contributed by atoms with Crippen LogP contribution in [0.25, 0.3) is 11.0 Å². The molecule has 1 aromatic heterocycles. The molecule has 1 aliphatic rings. The van der Waals surface area contributed by atoms with Crippen molar-refractivity contribution in [2.45, 2.75) is 31.4 Å². The second kappa shape index (κ2) is 10.3. The zero-order chi connectivity index (χ0) is 22.3. The van der Waals surface area contributed by atoms with Gasteiger partial charge in [-0.15, -0.1) is 0 Å². The number of fused-ring (bicyclic) bond motifs is 1. The third-order valence-corrected chi connectivity index (χ3v) is 5.55. The van der Waals surface area contributed by atoms with E-state index in [1.807, 2.05) is 54.6 Å². The molecule has 0 aliphatic carbocycles. The number of aromatic nitrogens is 2. The summed E-state index contributed by atoms with van der Waals surface area (Å²) in [7, 11) is 1.58. The fraction of sp³-hybridized carbons (Fsp3) is 0.375. The van der Waals surface area contributed by atoms with E-state index in [4.69, 9.17) is 9.47 Å². The summed E-state index contributed by atoms with van der Waals surface area (Å²) in [6.45, 7) is 1.19. The summed E-state index contributed by atoms with van der Waals surface area (Å²) in [6.07, 6.45) is 0.946. The van der Waals surface area contributed by atoms with Gasteiger partial charge in [0.1, 0.15) is 23.7 Å². The number of methoxy groups -OCH3 is 1. The topological polar surface area (TPSA) is 96.6 Å². The highest BCUT2D eigenvalue weighted by molar-refractivity contribution is 5.88. The number of carbonyl (C=O) groups is 2. The molecular weight excluding hydrogens is 408 g/mol. The number of rotatable bonds is 9. The Morgan fingerprint density at radius 3 is 2.72 bits per heavy atom. The van der Waals surface area contributed by atoms with Gasteiger partial charge in [0.25, 0.3) is 0 Å². The summed E-state index contributed by atoms with van der Waals surface area (Å²) in [5.74, 6) is 1.22. The average molecular weight is 437 g/mol. The molecule has 4 rings (SSSR count). The maximum Gasteiger partial charge on any atom is 0.243 e. The van der Waals surface area contributed by atoms with Crippen LogP contribution < -0.4 is 10.1 Å². The van der Waals surface area contributed by atoms with Crippen LogP contribution in [-0.4, -0.2) is 65.6 Å². The van der Waals surface area contributed by atoms with E-state index in [1.54, 1.807) is 12.0 Å². The van der Waals surface area contributed by atoms with Crippen molar-refractivity contribution >= 4 is 22.8 Å². The van der Waals surface area contributed by atoms with E-state index in [9.17, 15) is 9.59 Å². The number of nitrogens with one attached hydrogen (secondary N) is 2. The number of para-hydroxylation sites is 3. The van der Waals surface area contributed by atoms with Crippen LogP contribution in [0.2, 0.25) is 0 Å². The van der Waals surface area contributed by atoms with Crippen molar-refractivity contribution in [3.05, 3.63) is 60.4 Å². The largest absolute Gasteiger partial charge is 0.488 e. The van der Waals surface area contributed by atoms with Crippen LogP contribution >= 0.6 is 0 Å². The van der Waals surface area contributed by atoms with Gasteiger partial charge < -0.3 is 24.7 Å². The number of ether oxygens (including phenoxy) is 2. The maximum atomic E-state index is 13.1. The molecule has 0 spiro atoms. The molecule has 0 bridgehead atoms. The molecule has 2 aromatic carbocycles. The highest BCUT2D eigenvalue weighted by atomic mass is 16.5. The highest BCUT2D eigenvalue weighted by Crippen LogP contribution is 2.24. The van der Waals surface area contributed by atoms with Crippen LogP contribution in [0.5, 0.6) is 5.75 Å². The molecular formula is C24H28N4O4. The van der Waals surface area contributed by atoms with Gasteiger partial charge in [-0.05, 0) is 24.3 Å². The van der Waals surface area contributed by atoms with Gasteiger partial charge in [-0.1, -0.05) is 30.3 Å². The molecule has 2 unspecified atom stereocenters. The first-order valence-electron chi connectivity index (χ1n) is 10.9. The molecule has 1 saturated heterocycles. The van der Waals surface area contributed by atoms with Gasteiger partial charge in [0.15, 0.2) is 0 Å². The van der Waals surface area contributed by atoms with E-state index < -0.39 is 6.04 Å². The minimum atomic E-state index is -0.566. The molecule has 1 fully saturated rings. The van der Waals surface area contributed by atoms with Crippen molar-refractivity contribution in [2.24, 2.45) is 0 Å². The lowest BCUT2D eigenvalue weighted by Crippen LogP contribution is -2.46. The fourth-order valence-corrected chi connectivity index (χ4v) is 3.99. The van der Waals surface area contributed by atoms with Crippen molar-refractivity contribution in [3.8, 4) is 5.75 Å². The summed E-state index contributed by atoms with van der Waals surface area (Å²) < 4.78 is 11.1. The summed E-state index contributed by atoms with van der Waals surface area (Å²) in [5.41, 5.74) is 1.82. The SMILES string of the molecule is COCCNC(=O)C1CC(Oc2ccccc2)CN1C(=O)CCc1nc2ccccc2[nH]1. The van der Waals surface area contributed by atoms with Gasteiger partial charge in [0.05, 0.1) is 24.2 Å². The quantitative estimate of drug-likeness (QED) is 0.502. The number of imidazole rings is 1. The molecule has 3 aromatic rings. The number of aryl methyl sites for hydroxylation is 1. The molecule has 8 nitrogen and oxygen atoms in total. The standard InChI is InChI=1S/C24H28N4O4/c1-31-14-13-25-24(30)21-15-18(32-17-7-3-2-4-8-17)16-28(21)23(29)12-11-22-26-19-9-5-6-10-20(19)27-22/h2-10,18,21H,11-16H2,1H3,(H,25,30)(H,26,27). The summed E-state index contributed by atoms with van der Waals surface area (Å²) >= 11 is 0. The normalized spacial score (nSPS) is 18.1. The van der Waals surface area contributed by atoms with Crippen LogP contribution in [0.4, 0.5) is 0 Å². The Bertz CT molecular complexity index is 1020. The molecule has 32 heavy (non-hydrogen) atoms. The van der Waals surface area contributed by atoms with E-state index in [2.05, 4.69) is 15.3 Å². The van der Waals surface area contributed by atoms with Crippen molar-refractivity contribution < 1.29 is 19.1 Å². The molecule has 0 saturated carbocycles. The fourth-order valence-electron chi connectivity index (χ4n) is 3.99. The number of hydrogen-bond donors (Lipinski definition) is 2. The Hall–Kier alpha value is -3.39. The number of likely N-dealkylation sites (tertiary alicyclic amines) is 1. The van der Waals surface area contributed by atoms with E-state index in [0.717, 1.165) is 22.6 Å². The number of benzene rings is 2. The lowest BCUT2D eigenvalue weighted by atomic mass is 10.1. The van der Waals surface area contributed by atoms with Crippen molar-refractivity contribution in [1.82, 2.24) is 20.2 Å². The van der Waals surface area contributed by atoms with Crippen LogP contribution in [0.15, 0.2) is 54.6 Å². The first-order chi connectivity index (χ1) is 15.6. The second-order valence-corrected chi connectivity index (χ2v) is 7.83. The Morgan fingerprint density at radius 1 is 1.16 bits per heavy atom. The number of amides is 2. The molecule has 2 atom stereocenters. The van der Waals surface area contributed by atoms with E-state index >= 15 is 0 Å². The lowest BCUT2D eigenvalue weighted by Gasteiger charge is -2.23. The minimum absolute atomic E-state index is 0.0866. The first kappa shape index (κ1) is 21.8. The Labute approximate surface area is 186 Å². The van der Waals surface area contributed by atoms with Crippen molar-refractivity contribution in [3.63, 3.8) is 0 Å². The number of nitrogens with zero attached hydrogens (tertiary/aromatic N) is 2. The zero-order valence-electron chi connectivity index (χ0n) is 18.1. The van der Waals surface area contributed by atoms with E-state index in [1.165, 1.54) is 0 Å². The highest BCUT2D eigenvalue weighted by Gasteiger charge is 2.40. The first-order valence-corrected chi connectivity index (χ1v) is 10.9. The van der Waals surface area contributed by atoms with E-state index in [0.29, 0.717) is 32.5 Å². The van der Waals surface area contributed by atoms with Crippen molar-refractivity contribution in [1.29, 1.82) is 0 Å². The number of hydrogen-bond acceptors (Lipinski definition) is 5. The Morgan fingerprint density at radius 2 is 1.94 bits per heavy atom. The number of H-pyrrole nitrogens is 1. The van der Waals surface area contributed by atoms with Crippen LogP contribution in [-0.2, 0) is 20.7 Å². The smallest absolute Gasteiger partial charge is 0.243 e. The molecule has 2 amide bonds. The predicted octanol–water partition coefficient (Wildman–Crippen LogP) is 2.31. The Balaban J connectivity index is 1.41. The number of carbonyl (C=O) groups excluding carboxylic acids is 2. The van der Waals surface area contributed by atoms with Gasteiger partial charge in [0, 0.05) is 32.9 Å². The van der Waals surface area contributed by atoms with Gasteiger partial charge in [0.2, 0.25) is 11.8 Å². The lowest BCUT2D eigenvalue weighted by molar-refractivity contribution is -0.138. The number of aromatic amines is 1.